The van der Waals surface area contributed by atoms with Crippen molar-refractivity contribution in [2.75, 3.05) is 6.54 Å². The van der Waals surface area contributed by atoms with Crippen LogP contribution in [0.1, 0.15) is 35.4 Å². The number of benzene rings is 1. The van der Waals surface area contributed by atoms with E-state index in [9.17, 15) is 0 Å². The van der Waals surface area contributed by atoms with Gasteiger partial charge in [-0.25, -0.2) is 0 Å². The quantitative estimate of drug-likeness (QED) is 0.738. The van der Waals surface area contributed by atoms with Crippen molar-refractivity contribution in [1.82, 2.24) is 10.3 Å². The van der Waals surface area contributed by atoms with E-state index in [1.165, 1.54) is 21.4 Å². The molecular weight excluding hydrogens is 276 g/mol. The van der Waals surface area contributed by atoms with Gasteiger partial charge in [0.05, 0.1) is 11.6 Å². The van der Waals surface area contributed by atoms with Gasteiger partial charge < -0.3 is 5.32 Å². The summed E-state index contributed by atoms with van der Waals surface area (Å²) in [4.78, 5) is 5.89. The molecule has 0 saturated heterocycles. The van der Waals surface area contributed by atoms with Crippen molar-refractivity contribution in [3.05, 3.63) is 64.0 Å². The molecule has 3 rings (SSSR count). The van der Waals surface area contributed by atoms with Crippen LogP contribution < -0.4 is 5.32 Å². The van der Waals surface area contributed by atoms with E-state index in [0.29, 0.717) is 0 Å². The number of rotatable bonds is 5. The monoisotopic (exact) mass is 296 g/mol. The van der Waals surface area contributed by atoms with Crippen LogP contribution in [-0.4, -0.2) is 11.5 Å². The fourth-order valence-corrected chi connectivity index (χ4v) is 3.70. The zero-order chi connectivity index (χ0) is 14.7. The molecule has 2 nitrogen and oxygen atoms in total. The summed E-state index contributed by atoms with van der Waals surface area (Å²) in [6.07, 6.45) is 3.05. The van der Waals surface area contributed by atoms with E-state index < -0.39 is 0 Å². The molecule has 0 saturated carbocycles. The minimum atomic E-state index is 0.248. The van der Waals surface area contributed by atoms with Crippen molar-refractivity contribution in [2.45, 2.75) is 26.3 Å². The van der Waals surface area contributed by atoms with Gasteiger partial charge >= 0.3 is 0 Å². The number of nitrogens with one attached hydrogen (secondary N) is 1. The van der Waals surface area contributed by atoms with Crippen LogP contribution in [0.3, 0.4) is 0 Å². The number of hydrogen-bond acceptors (Lipinski definition) is 3. The van der Waals surface area contributed by atoms with Crippen LogP contribution >= 0.6 is 11.3 Å². The molecule has 1 aromatic carbocycles. The van der Waals surface area contributed by atoms with Gasteiger partial charge in [0.15, 0.2) is 0 Å². The van der Waals surface area contributed by atoms with E-state index >= 15 is 0 Å². The fraction of sp³-hybridized carbons (Fsp3) is 0.278. The van der Waals surface area contributed by atoms with Crippen LogP contribution in [0.5, 0.6) is 0 Å². The Labute approximate surface area is 129 Å². The van der Waals surface area contributed by atoms with Gasteiger partial charge in [-0.1, -0.05) is 25.1 Å². The fourth-order valence-electron chi connectivity index (χ4n) is 2.68. The Bertz CT molecular complexity index is 727. The van der Waals surface area contributed by atoms with Gasteiger partial charge in [0.25, 0.3) is 0 Å². The first-order valence-electron chi connectivity index (χ1n) is 7.42. The average Bonchev–Trinajstić information content (AvgIpc) is 2.94. The molecule has 0 bridgehead atoms. The highest BCUT2D eigenvalue weighted by molar-refractivity contribution is 7.10. The third kappa shape index (κ3) is 2.85. The highest BCUT2D eigenvalue weighted by Crippen LogP contribution is 2.32. The molecule has 0 fully saturated rings. The zero-order valence-corrected chi connectivity index (χ0v) is 13.3. The third-order valence-corrected chi connectivity index (χ3v) is 4.84. The van der Waals surface area contributed by atoms with Gasteiger partial charge in [0, 0.05) is 16.5 Å². The molecule has 3 heteroatoms. The Hall–Kier alpha value is -1.71. The van der Waals surface area contributed by atoms with Crippen LogP contribution in [0.4, 0.5) is 0 Å². The molecule has 2 aromatic heterocycles. The van der Waals surface area contributed by atoms with Crippen LogP contribution in [0.2, 0.25) is 0 Å². The molecule has 21 heavy (non-hydrogen) atoms. The second-order valence-corrected chi connectivity index (χ2v) is 6.22. The molecule has 0 radical (unpaired) electrons. The normalized spacial score (nSPS) is 12.7. The van der Waals surface area contributed by atoms with Gasteiger partial charge in [0.1, 0.15) is 0 Å². The number of hydrogen-bond donors (Lipinski definition) is 1. The highest BCUT2D eigenvalue weighted by atomic mass is 32.1. The van der Waals surface area contributed by atoms with Gasteiger partial charge in [0.2, 0.25) is 0 Å². The smallest absolute Gasteiger partial charge is 0.0705 e. The molecule has 0 aliphatic rings. The van der Waals surface area contributed by atoms with E-state index in [-0.39, 0.29) is 6.04 Å². The number of nitrogens with zero attached hydrogens (tertiary/aromatic N) is 1. The number of para-hydroxylation sites is 1. The number of fused-ring (bicyclic) bond motifs is 1. The van der Waals surface area contributed by atoms with Crippen molar-refractivity contribution in [1.29, 1.82) is 0 Å². The van der Waals surface area contributed by atoms with E-state index in [0.717, 1.165) is 18.5 Å². The van der Waals surface area contributed by atoms with Crippen LogP contribution in [0.25, 0.3) is 10.9 Å². The van der Waals surface area contributed by atoms with Gasteiger partial charge in [-0.15, -0.1) is 11.3 Å². The molecule has 3 aromatic rings. The molecule has 2 heterocycles. The molecule has 1 unspecified atom stereocenters. The molecule has 0 aliphatic carbocycles. The van der Waals surface area contributed by atoms with Crippen molar-refractivity contribution in [2.24, 2.45) is 0 Å². The maximum Gasteiger partial charge on any atom is 0.0705 e. The topological polar surface area (TPSA) is 24.9 Å². The van der Waals surface area contributed by atoms with Crippen molar-refractivity contribution in [3.8, 4) is 0 Å². The van der Waals surface area contributed by atoms with Crippen LogP contribution in [0, 0.1) is 6.92 Å². The molecular formula is C18H20N2S. The summed E-state index contributed by atoms with van der Waals surface area (Å²) in [7, 11) is 0. The Morgan fingerprint density at radius 3 is 2.81 bits per heavy atom. The Morgan fingerprint density at radius 2 is 2.05 bits per heavy atom. The van der Waals surface area contributed by atoms with Gasteiger partial charge in [-0.2, -0.15) is 0 Å². The summed E-state index contributed by atoms with van der Waals surface area (Å²) in [6.45, 7) is 5.41. The minimum Gasteiger partial charge on any atom is -0.306 e. The van der Waals surface area contributed by atoms with Crippen LogP contribution in [0.15, 0.2) is 48.0 Å². The summed E-state index contributed by atoms with van der Waals surface area (Å²) in [6, 6.07) is 13.0. The first kappa shape index (κ1) is 14.2. The Morgan fingerprint density at radius 1 is 1.19 bits per heavy atom. The molecule has 108 valence electrons. The van der Waals surface area contributed by atoms with Crippen molar-refractivity contribution < 1.29 is 0 Å². The lowest BCUT2D eigenvalue weighted by molar-refractivity contribution is 0.606. The molecule has 0 spiro atoms. The average molecular weight is 296 g/mol. The van der Waals surface area contributed by atoms with Gasteiger partial charge in [-0.3, -0.25) is 4.98 Å². The summed E-state index contributed by atoms with van der Waals surface area (Å²) < 4.78 is 0. The maximum atomic E-state index is 4.48. The predicted octanol–water partition coefficient (Wildman–Crippen LogP) is 4.69. The minimum absolute atomic E-state index is 0.248. The first-order chi connectivity index (χ1) is 10.3. The van der Waals surface area contributed by atoms with Gasteiger partial charge in [-0.05, 0) is 54.6 Å². The standard InChI is InChI=1S/C18H20N2S/c1-3-10-20-17(18-13(2)9-12-21-18)15-8-11-19-16-7-5-4-6-14(15)16/h4-9,11-12,17,20H,3,10H2,1-2H3. The molecule has 0 aliphatic heterocycles. The maximum absolute atomic E-state index is 4.48. The zero-order valence-electron chi connectivity index (χ0n) is 12.5. The SMILES string of the molecule is CCCNC(c1sccc1C)c1ccnc2ccccc12. The Kier molecular flexibility index (Phi) is 4.32. The highest BCUT2D eigenvalue weighted by Gasteiger charge is 2.19. The lowest BCUT2D eigenvalue weighted by Gasteiger charge is -2.20. The van der Waals surface area contributed by atoms with E-state index in [1.54, 1.807) is 0 Å². The van der Waals surface area contributed by atoms with Crippen molar-refractivity contribution >= 4 is 22.2 Å². The third-order valence-electron chi connectivity index (χ3n) is 3.76. The largest absolute Gasteiger partial charge is 0.306 e. The number of thiophene rings is 1. The Balaban J connectivity index is 2.12. The summed E-state index contributed by atoms with van der Waals surface area (Å²) in [5.41, 5.74) is 3.74. The molecule has 1 atom stereocenters. The van der Waals surface area contributed by atoms with Crippen LogP contribution in [-0.2, 0) is 0 Å². The lowest BCUT2D eigenvalue weighted by atomic mass is 9.99. The summed E-state index contributed by atoms with van der Waals surface area (Å²) in [5, 5.41) is 7.12. The molecule has 0 amide bonds. The summed E-state index contributed by atoms with van der Waals surface area (Å²) in [5.74, 6) is 0. The second kappa shape index (κ2) is 6.37. The lowest BCUT2D eigenvalue weighted by Crippen LogP contribution is -2.23. The van der Waals surface area contributed by atoms with Crippen molar-refractivity contribution in [3.63, 3.8) is 0 Å². The predicted molar refractivity (Wildman–Crippen MR) is 90.9 cm³/mol. The number of aryl methyl sites for hydroxylation is 1. The number of pyridine rings is 1. The number of aromatic nitrogens is 1. The first-order valence-corrected chi connectivity index (χ1v) is 8.30. The summed E-state index contributed by atoms with van der Waals surface area (Å²) >= 11 is 1.83. The van der Waals surface area contributed by atoms with E-state index in [1.807, 2.05) is 23.6 Å². The van der Waals surface area contributed by atoms with E-state index in [2.05, 4.69) is 59.9 Å². The molecule has 1 N–H and O–H groups in total. The second-order valence-electron chi connectivity index (χ2n) is 5.27. The van der Waals surface area contributed by atoms with E-state index in [4.69, 9.17) is 0 Å².